The Bertz CT molecular complexity index is 1340. The highest BCUT2D eigenvalue weighted by atomic mass is 32.1. The van der Waals surface area contributed by atoms with Crippen LogP contribution in [0.25, 0.3) is 15.9 Å². The molecule has 0 radical (unpaired) electrons. The molecule has 1 aliphatic rings. The van der Waals surface area contributed by atoms with Crippen molar-refractivity contribution < 1.29 is 9.53 Å². The number of hydrogen-bond donors (Lipinski definition) is 0. The third kappa shape index (κ3) is 3.65. The standard InChI is InChI=1S/C22H24N6O3S/c1-3-26-9-8-25(13-19(26)29)12-17-10-18-20-23-14-24-28(20)22(30)27(21(18)32-17)11-15-4-6-16(31-2)7-5-15/h4-7,10,14H,3,8-9,11-13H2,1-2H3. The van der Waals surface area contributed by atoms with E-state index in [1.165, 1.54) is 10.8 Å². The molecule has 0 unspecified atom stereocenters. The fraction of sp³-hybridized carbons (Fsp3) is 0.364. The van der Waals surface area contributed by atoms with Gasteiger partial charge in [0, 0.05) is 31.1 Å². The molecule has 0 atom stereocenters. The number of methoxy groups -OCH3 is 1. The lowest BCUT2D eigenvalue weighted by Crippen LogP contribution is -2.49. The van der Waals surface area contributed by atoms with Gasteiger partial charge in [-0.2, -0.15) is 9.61 Å². The van der Waals surface area contributed by atoms with Crippen molar-refractivity contribution in [1.29, 1.82) is 0 Å². The van der Waals surface area contributed by atoms with Gasteiger partial charge in [-0.1, -0.05) is 12.1 Å². The monoisotopic (exact) mass is 452 g/mol. The van der Waals surface area contributed by atoms with Crippen molar-refractivity contribution in [3.8, 4) is 5.75 Å². The molecule has 32 heavy (non-hydrogen) atoms. The first-order valence-corrected chi connectivity index (χ1v) is 11.4. The number of benzene rings is 1. The van der Waals surface area contributed by atoms with Crippen LogP contribution in [0.3, 0.4) is 0 Å². The summed E-state index contributed by atoms with van der Waals surface area (Å²) in [5, 5.41) is 5.04. The number of piperazine rings is 1. The highest BCUT2D eigenvalue weighted by Gasteiger charge is 2.24. The van der Waals surface area contributed by atoms with Crippen LogP contribution in [0, 0.1) is 0 Å². The molecule has 0 saturated carbocycles. The van der Waals surface area contributed by atoms with Gasteiger partial charge in [0.1, 0.15) is 16.9 Å². The Morgan fingerprint density at radius 2 is 1.94 bits per heavy atom. The number of fused-ring (bicyclic) bond motifs is 3. The molecule has 1 amide bonds. The van der Waals surface area contributed by atoms with Crippen LogP contribution in [0.15, 0.2) is 41.5 Å². The summed E-state index contributed by atoms with van der Waals surface area (Å²) in [4.78, 5) is 35.8. The molecule has 4 heterocycles. The second kappa shape index (κ2) is 8.36. The first-order valence-electron chi connectivity index (χ1n) is 10.6. The van der Waals surface area contributed by atoms with E-state index >= 15 is 0 Å². The number of carbonyl (C=O) groups is 1. The van der Waals surface area contributed by atoms with Crippen molar-refractivity contribution in [2.45, 2.75) is 20.0 Å². The van der Waals surface area contributed by atoms with Crippen LogP contribution in [-0.2, 0) is 17.9 Å². The van der Waals surface area contributed by atoms with E-state index in [1.807, 2.05) is 36.1 Å². The molecule has 0 spiro atoms. The third-order valence-electron chi connectivity index (χ3n) is 5.87. The first-order chi connectivity index (χ1) is 15.6. The van der Waals surface area contributed by atoms with Crippen molar-refractivity contribution in [1.82, 2.24) is 29.0 Å². The number of carbonyl (C=O) groups excluding carboxylic acids is 1. The Kier molecular flexibility index (Phi) is 5.40. The molecule has 10 heteroatoms. The van der Waals surface area contributed by atoms with Crippen LogP contribution in [0.5, 0.6) is 5.75 Å². The van der Waals surface area contributed by atoms with Crippen molar-refractivity contribution in [2.24, 2.45) is 0 Å². The Balaban J connectivity index is 1.51. The van der Waals surface area contributed by atoms with E-state index in [-0.39, 0.29) is 11.6 Å². The quantitative estimate of drug-likeness (QED) is 0.444. The van der Waals surface area contributed by atoms with Crippen LogP contribution in [0.4, 0.5) is 0 Å². The Hall–Kier alpha value is -3.24. The summed E-state index contributed by atoms with van der Waals surface area (Å²) in [6.45, 7) is 5.84. The number of amides is 1. The number of ether oxygens (including phenoxy) is 1. The lowest BCUT2D eigenvalue weighted by atomic mass is 10.2. The summed E-state index contributed by atoms with van der Waals surface area (Å²) >= 11 is 1.58. The van der Waals surface area contributed by atoms with Crippen molar-refractivity contribution in [3.05, 3.63) is 57.6 Å². The minimum absolute atomic E-state index is 0.163. The van der Waals surface area contributed by atoms with Gasteiger partial charge in [-0.25, -0.2) is 9.78 Å². The number of thiophene rings is 1. The molecule has 3 aromatic heterocycles. The number of aromatic nitrogens is 4. The fourth-order valence-electron chi connectivity index (χ4n) is 4.14. The van der Waals surface area contributed by atoms with Crippen LogP contribution in [0.1, 0.15) is 17.4 Å². The van der Waals surface area contributed by atoms with E-state index in [1.54, 1.807) is 23.0 Å². The maximum Gasteiger partial charge on any atom is 0.352 e. The predicted octanol–water partition coefficient (Wildman–Crippen LogP) is 1.83. The van der Waals surface area contributed by atoms with Gasteiger partial charge >= 0.3 is 5.69 Å². The topological polar surface area (TPSA) is 85.0 Å². The van der Waals surface area contributed by atoms with Crippen molar-refractivity contribution >= 4 is 33.1 Å². The highest BCUT2D eigenvalue weighted by Crippen LogP contribution is 2.29. The van der Waals surface area contributed by atoms with Gasteiger partial charge in [0.2, 0.25) is 5.91 Å². The van der Waals surface area contributed by atoms with Gasteiger partial charge in [-0.3, -0.25) is 14.3 Å². The maximum absolute atomic E-state index is 13.2. The Morgan fingerprint density at radius 3 is 2.66 bits per heavy atom. The molecule has 4 aromatic rings. The summed E-state index contributed by atoms with van der Waals surface area (Å²) in [6, 6.07) is 9.76. The zero-order valence-electron chi connectivity index (χ0n) is 18.0. The van der Waals surface area contributed by atoms with Gasteiger partial charge in [0.15, 0.2) is 5.65 Å². The lowest BCUT2D eigenvalue weighted by Gasteiger charge is -2.33. The predicted molar refractivity (Wildman–Crippen MR) is 122 cm³/mol. The normalized spacial score (nSPS) is 15.2. The maximum atomic E-state index is 13.2. The summed E-state index contributed by atoms with van der Waals surface area (Å²) in [5.41, 5.74) is 1.33. The van der Waals surface area contributed by atoms with Crippen LogP contribution >= 0.6 is 11.3 Å². The highest BCUT2D eigenvalue weighted by molar-refractivity contribution is 7.18. The molecule has 166 valence electrons. The van der Waals surface area contributed by atoms with Crippen LogP contribution < -0.4 is 10.4 Å². The summed E-state index contributed by atoms with van der Waals surface area (Å²) in [7, 11) is 1.63. The molecule has 0 bridgehead atoms. The number of likely N-dealkylation sites (N-methyl/N-ethyl adjacent to an activating group) is 1. The second-order valence-electron chi connectivity index (χ2n) is 7.83. The number of rotatable bonds is 6. The Morgan fingerprint density at radius 1 is 1.12 bits per heavy atom. The summed E-state index contributed by atoms with van der Waals surface area (Å²) in [5.74, 6) is 0.935. The van der Waals surface area contributed by atoms with E-state index in [0.717, 1.165) is 46.0 Å². The van der Waals surface area contributed by atoms with Crippen LogP contribution in [0.2, 0.25) is 0 Å². The van der Waals surface area contributed by atoms with E-state index in [2.05, 4.69) is 21.0 Å². The molecular formula is C22H24N6O3S. The first kappa shape index (κ1) is 20.7. The van der Waals surface area contributed by atoms with Gasteiger partial charge in [-0.15, -0.1) is 11.3 Å². The van der Waals surface area contributed by atoms with E-state index in [4.69, 9.17) is 4.74 Å². The van der Waals surface area contributed by atoms with E-state index in [9.17, 15) is 9.59 Å². The fourth-order valence-corrected chi connectivity index (χ4v) is 5.32. The molecule has 1 saturated heterocycles. The van der Waals surface area contributed by atoms with E-state index in [0.29, 0.717) is 25.3 Å². The van der Waals surface area contributed by atoms with Crippen molar-refractivity contribution in [3.63, 3.8) is 0 Å². The third-order valence-corrected chi connectivity index (χ3v) is 7.01. The minimum Gasteiger partial charge on any atom is -0.497 e. The SMILES string of the molecule is CCN1CCN(Cc2cc3c(s2)n(Cc2ccc(OC)cc2)c(=O)n2ncnc32)CC1=O. The minimum atomic E-state index is -0.221. The number of hydrogen-bond acceptors (Lipinski definition) is 7. The molecule has 9 nitrogen and oxygen atoms in total. The molecule has 1 aliphatic heterocycles. The molecular weight excluding hydrogens is 428 g/mol. The largest absolute Gasteiger partial charge is 0.497 e. The van der Waals surface area contributed by atoms with Crippen molar-refractivity contribution in [2.75, 3.05) is 33.3 Å². The molecule has 1 aromatic carbocycles. The molecule has 5 rings (SSSR count). The van der Waals surface area contributed by atoms with Gasteiger partial charge in [0.25, 0.3) is 0 Å². The zero-order valence-corrected chi connectivity index (χ0v) is 18.8. The lowest BCUT2D eigenvalue weighted by molar-refractivity contribution is -0.135. The second-order valence-corrected chi connectivity index (χ2v) is 8.94. The summed E-state index contributed by atoms with van der Waals surface area (Å²) < 4.78 is 8.33. The van der Waals surface area contributed by atoms with Gasteiger partial charge in [-0.05, 0) is 30.7 Å². The van der Waals surface area contributed by atoms with Gasteiger partial charge < -0.3 is 9.64 Å². The molecule has 0 N–H and O–H groups in total. The Labute approximate surface area is 188 Å². The average Bonchev–Trinajstić information content (AvgIpc) is 3.44. The molecule has 0 aliphatic carbocycles. The summed E-state index contributed by atoms with van der Waals surface area (Å²) in [6.07, 6.45) is 1.41. The van der Waals surface area contributed by atoms with Gasteiger partial charge in [0.05, 0.1) is 25.6 Å². The molecule has 1 fully saturated rings. The average molecular weight is 453 g/mol. The number of nitrogens with zero attached hydrogens (tertiary/aromatic N) is 6. The smallest absolute Gasteiger partial charge is 0.352 e. The zero-order chi connectivity index (χ0) is 22.2. The van der Waals surface area contributed by atoms with E-state index < -0.39 is 0 Å². The van der Waals surface area contributed by atoms with Crippen LogP contribution in [-0.4, -0.2) is 68.2 Å².